The van der Waals surface area contributed by atoms with Gasteiger partial charge in [-0.15, -0.1) is 0 Å². The molecule has 0 rings (SSSR count). The van der Waals surface area contributed by atoms with Crippen molar-refractivity contribution < 1.29 is 28.6 Å². The monoisotopic (exact) mass is 1040 g/mol. The van der Waals surface area contributed by atoms with Crippen molar-refractivity contribution in [3.8, 4) is 0 Å². The van der Waals surface area contributed by atoms with Crippen molar-refractivity contribution in [2.24, 2.45) is 0 Å². The van der Waals surface area contributed by atoms with Gasteiger partial charge < -0.3 is 14.2 Å². The second-order valence-corrected chi connectivity index (χ2v) is 20.9. The van der Waals surface area contributed by atoms with Gasteiger partial charge in [0.15, 0.2) is 6.10 Å². The van der Waals surface area contributed by atoms with Crippen LogP contribution in [0.25, 0.3) is 0 Å². The van der Waals surface area contributed by atoms with Gasteiger partial charge in [-0.2, -0.15) is 0 Å². The van der Waals surface area contributed by atoms with Gasteiger partial charge in [-0.25, -0.2) is 0 Å². The minimum Gasteiger partial charge on any atom is -0.462 e. The molecule has 0 aromatic heterocycles. The Balaban J connectivity index is 4.15. The van der Waals surface area contributed by atoms with Crippen molar-refractivity contribution >= 4 is 17.9 Å². The number of ether oxygens (including phenoxy) is 3. The van der Waals surface area contributed by atoms with Crippen LogP contribution in [0.2, 0.25) is 0 Å². The summed E-state index contributed by atoms with van der Waals surface area (Å²) in [4.78, 5) is 38.2. The van der Waals surface area contributed by atoms with Crippen LogP contribution in [-0.4, -0.2) is 37.2 Å². The third-order valence-electron chi connectivity index (χ3n) is 13.6. The molecule has 1 unspecified atom stereocenters. The summed E-state index contributed by atoms with van der Waals surface area (Å²) in [6.07, 6.45) is 84.3. The molecule has 0 aliphatic rings. The Kier molecular flexibility index (Phi) is 59.8. The van der Waals surface area contributed by atoms with Crippen LogP contribution >= 0.6 is 0 Å². The lowest BCUT2D eigenvalue weighted by atomic mass is 10.0. The molecule has 0 bridgehead atoms. The van der Waals surface area contributed by atoms with Crippen molar-refractivity contribution in [3.05, 3.63) is 97.2 Å². The molecule has 0 amide bonds. The molecule has 0 aliphatic carbocycles. The summed E-state index contributed by atoms with van der Waals surface area (Å²) in [7, 11) is 0. The smallest absolute Gasteiger partial charge is 0.306 e. The molecule has 0 aliphatic heterocycles. The SMILES string of the molecule is CC/C=C\C/C=C\C/C=C\C/C=C\CCCCCCCCCCCCCCCCCCCCC(=O)OCC(COC(=O)CCCCCCC/C=C\CCCC)OC(=O)CCCCCCC/C=C\C/C=C\C/C=C\CC. The number of carbonyl (C=O) groups is 3. The van der Waals surface area contributed by atoms with Gasteiger partial charge in [-0.1, -0.05) is 272 Å². The Bertz CT molecular complexity index is 1480. The summed E-state index contributed by atoms with van der Waals surface area (Å²) in [6.45, 7) is 6.37. The largest absolute Gasteiger partial charge is 0.462 e. The van der Waals surface area contributed by atoms with Gasteiger partial charge in [-0.3, -0.25) is 14.4 Å². The van der Waals surface area contributed by atoms with E-state index in [-0.39, 0.29) is 31.1 Å². The van der Waals surface area contributed by atoms with E-state index in [4.69, 9.17) is 14.2 Å². The predicted octanol–water partition coefficient (Wildman–Crippen LogP) is 21.7. The highest BCUT2D eigenvalue weighted by Crippen LogP contribution is 2.17. The molecule has 0 radical (unpaired) electrons. The molecule has 0 saturated carbocycles. The Morgan fingerprint density at radius 2 is 0.520 bits per heavy atom. The molecule has 0 fully saturated rings. The number of hydrogen-bond acceptors (Lipinski definition) is 6. The van der Waals surface area contributed by atoms with Gasteiger partial charge in [0, 0.05) is 19.3 Å². The summed E-state index contributed by atoms with van der Waals surface area (Å²) >= 11 is 0. The lowest BCUT2D eigenvalue weighted by molar-refractivity contribution is -0.167. The average molecular weight is 1040 g/mol. The van der Waals surface area contributed by atoms with Crippen LogP contribution < -0.4 is 0 Å². The Hall–Kier alpha value is -3.67. The molecular weight excluding hydrogens is 925 g/mol. The number of hydrogen-bond donors (Lipinski definition) is 0. The third kappa shape index (κ3) is 61.1. The van der Waals surface area contributed by atoms with Crippen molar-refractivity contribution in [1.29, 1.82) is 0 Å². The van der Waals surface area contributed by atoms with Crippen molar-refractivity contribution in [2.45, 2.75) is 309 Å². The van der Waals surface area contributed by atoms with Crippen LogP contribution in [0.5, 0.6) is 0 Å². The predicted molar refractivity (Wildman–Crippen MR) is 325 cm³/mol. The summed E-state index contributed by atoms with van der Waals surface area (Å²) in [5, 5.41) is 0. The van der Waals surface area contributed by atoms with Crippen LogP contribution in [0, 0.1) is 0 Å². The van der Waals surface area contributed by atoms with Crippen molar-refractivity contribution in [2.75, 3.05) is 13.2 Å². The summed E-state index contributed by atoms with van der Waals surface area (Å²) in [5.41, 5.74) is 0. The molecule has 430 valence electrons. The fraction of sp³-hybridized carbons (Fsp3) is 0.725. The van der Waals surface area contributed by atoms with Gasteiger partial charge in [0.2, 0.25) is 0 Å². The van der Waals surface area contributed by atoms with E-state index in [1.165, 1.54) is 135 Å². The van der Waals surface area contributed by atoms with E-state index in [0.717, 1.165) is 128 Å². The first kappa shape index (κ1) is 71.3. The molecular formula is C69H118O6. The molecule has 0 saturated heterocycles. The molecule has 0 heterocycles. The minimum atomic E-state index is -0.788. The lowest BCUT2D eigenvalue weighted by Crippen LogP contribution is -2.30. The first-order chi connectivity index (χ1) is 37.0. The summed E-state index contributed by atoms with van der Waals surface area (Å²) < 4.78 is 16.9. The molecule has 6 nitrogen and oxygen atoms in total. The Labute approximate surface area is 464 Å². The maximum atomic E-state index is 12.8. The highest BCUT2D eigenvalue weighted by Gasteiger charge is 2.19. The van der Waals surface area contributed by atoms with E-state index in [1.807, 2.05) is 0 Å². The van der Waals surface area contributed by atoms with E-state index < -0.39 is 6.10 Å². The second kappa shape index (κ2) is 62.9. The normalized spacial score (nSPS) is 12.7. The number of allylic oxidation sites excluding steroid dienone is 16. The van der Waals surface area contributed by atoms with Crippen LogP contribution in [0.1, 0.15) is 303 Å². The van der Waals surface area contributed by atoms with E-state index in [0.29, 0.717) is 19.3 Å². The zero-order valence-corrected chi connectivity index (χ0v) is 49.3. The third-order valence-corrected chi connectivity index (χ3v) is 13.6. The fourth-order valence-electron chi connectivity index (χ4n) is 8.84. The van der Waals surface area contributed by atoms with Gasteiger partial charge >= 0.3 is 17.9 Å². The maximum absolute atomic E-state index is 12.8. The second-order valence-electron chi connectivity index (χ2n) is 20.9. The first-order valence-electron chi connectivity index (χ1n) is 31.7. The fourth-order valence-corrected chi connectivity index (χ4v) is 8.84. The van der Waals surface area contributed by atoms with E-state index >= 15 is 0 Å². The topological polar surface area (TPSA) is 78.9 Å². The van der Waals surface area contributed by atoms with E-state index in [9.17, 15) is 14.4 Å². The molecule has 0 N–H and O–H groups in total. The number of esters is 3. The minimum absolute atomic E-state index is 0.0848. The van der Waals surface area contributed by atoms with Crippen molar-refractivity contribution in [1.82, 2.24) is 0 Å². The molecule has 75 heavy (non-hydrogen) atoms. The summed E-state index contributed by atoms with van der Waals surface area (Å²) in [5.74, 6) is -0.904. The maximum Gasteiger partial charge on any atom is 0.306 e. The summed E-state index contributed by atoms with van der Waals surface area (Å²) in [6, 6.07) is 0. The number of rotatable bonds is 57. The quantitative estimate of drug-likeness (QED) is 0.0261. The molecule has 0 aromatic rings. The van der Waals surface area contributed by atoms with Gasteiger partial charge in [0.25, 0.3) is 0 Å². The van der Waals surface area contributed by atoms with Gasteiger partial charge in [0.1, 0.15) is 13.2 Å². The average Bonchev–Trinajstić information content (AvgIpc) is 3.41. The van der Waals surface area contributed by atoms with Crippen LogP contribution in [0.3, 0.4) is 0 Å². The van der Waals surface area contributed by atoms with Crippen molar-refractivity contribution in [3.63, 3.8) is 0 Å². The Morgan fingerprint density at radius 3 is 0.827 bits per heavy atom. The van der Waals surface area contributed by atoms with Crippen LogP contribution in [0.4, 0.5) is 0 Å². The van der Waals surface area contributed by atoms with Gasteiger partial charge in [-0.05, 0) is 109 Å². The zero-order chi connectivity index (χ0) is 54.3. The molecule has 0 spiro atoms. The van der Waals surface area contributed by atoms with Crippen LogP contribution in [0.15, 0.2) is 97.2 Å². The van der Waals surface area contributed by atoms with Crippen LogP contribution in [-0.2, 0) is 28.6 Å². The lowest BCUT2D eigenvalue weighted by Gasteiger charge is -2.18. The number of unbranched alkanes of at least 4 members (excludes halogenated alkanes) is 30. The highest BCUT2D eigenvalue weighted by molar-refractivity contribution is 5.71. The van der Waals surface area contributed by atoms with E-state index in [2.05, 4.69) is 118 Å². The molecule has 1 atom stereocenters. The first-order valence-corrected chi connectivity index (χ1v) is 31.7. The van der Waals surface area contributed by atoms with E-state index in [1.54, 1.807) is 0 Å². The standard InChI is InChI=1S/C69H118O6/c1-4-7-10-13-16-19-22-24-26-27-28-29-30-31-32-33-34-35-36-37-38-39-40-41-43-44-47-50-53-56-59-62-68(71)74-65-66(64-73-67(70)61-58-55-52-49-46-21-18-15-12-9-6-3)75-69(72)63-60-57-54-51-48-45-42-25-23-20-17-14-11-8-5-2/h7-8,10-11,15-20,24-26,28-29,42,66H,4-6,9,12-14,21-23,27,30-41,43-65H2,1-3H3/b10-7-,11-8-,18-15-,19-16-,20-17-,26-24-,29-28-,42-25-. The number of carbonyl (C=O) groups excluding carboxylic acids is 3. The molecule has 0 aromatic carbocycles. The highest BCUT2D eigenvalue weighted by atomic mass is 16.6. The molecule has 6 heteroatoms. The van der Waals surface area contributed by atoms with Gasteiger partial charge in [0.05, 0.1) is 0 Å². The Morgan fingerprint density at radius 1 is 0.280 bits per heavy atom. The zero-order valence-electron chi connectivity index (χ0n) is 49.3.